The molecule has 0 bridgehead atoms. The lowest BCUT2D eigenvalue weighted by atomic mass is 10.3. The second-order valence-electron chi connectivity index (χ2n) is 5.14. The van der Waals surface area contributed by atoms with Crippen LogP contribution in [-0.2, 0) is 4.79 Å². The van der Waals surface area contributed by atoms with E-state index in [9.17, 15) is 18.0 Å². The fraction of sp³-hybridized carbons (Fsp3) is 0.176. The van der Waals surface area contributed by atoms with Crippen molar-refractivity contribution in [1.82, 2.24) is 4.98 Å². The van der Waals surface area contributed by atoms with Crippen LogP contribution in [0, 0.1) is 6.92 Å². The molecule has 1 amide bonds. The highest BCUT2D eigenvalue weighted by Gasteiger charge is 2.30. The van der Waals surface area contributed by atoms with E-state index in [4.69, 9.17) is 16.7 Å². The number of ether oxygens (including phenoxy) is 1. The number of hydrogen-bond donors (Lipinski definition) is 2. The molecular formula is C17H14ClF3N2O3S. The quantitative estimate of drug-likeness (QED) is 0.582. The van der Waals surface area contributed by atoms with Crippen molar-refractivity contribution in [3.63, 3.8) is 0 Å². The minimum absolute atomic E-state index is 0.221. The number of anilines is 1. The zero-order chi connectivity index (χ0) is 20.0. The van der Waals surface area contributed by atoms with Gasteiger partial charge in [0.15, 0.2) is 0 Å². The molecule has 1 aromatic heterocycles. The first-order valence-electron chi connectivity index (χ1n) is 7.44. The summed E-state index contributed by atoms with van der Waals surface area (Å²) in [6.45, 7) is 1.96. The summed E-state index contributed by atoms with van der Waals surface area (Å²) in [4.78, 5) is 15.1. The number of carbonyl (C=O) groups is 1. The number of phenolic OH excluding ortho intramolecular Hbond substituents is 1. The number of hydrogen-bond acceptors (Lipinski definition) is 5. The first-order valence-corrected chi connectivity index (χ1v) is 8.79. The number of halogens is 4. The Morgan fingerprint density at radius 1 is 1.26 bits per heavy atom. The summed E-state index contributed by atoms with van der Waals surface area (Å²) in [5.41, 5.74) is 1.23. The van der Waals surface area contributed by atoms with Gasteiger partial charge in [0.2, 0.25) is 5.91 Å². The molecule has 0 aliphatic carbocycles. The number of rotatable bonds is 3. The Labute approximate surface area is 161 Å². The molecule has 144 valence electrons. The Kier molecular flexibility index (Phi) is 6.86. The third kappa shape index (κ3) is 6.95. The highest BCUT2D eigenvalue weighted by Crippen LogP contribution is 2.25. The van der Waals surface area contributed by atoms with E-state index in [0.29, 0.717) is 5.69 Å². The molecule has 0 atom stereocenters. The number of alkyl halides is 4. The molecule has 27 heavy (non-hydrogen) atoms. The predicted molar refractivity (Wildman–Crippen MR) is 98.5 cm³/mol. The zero-order valence-electron chi connectivity index (χ0n) is 13.9. The number of aromatic hydroxyl groups is 1. The van der Waals surface area contributed by atoms with Crippen molar-refractivity contribution in [2.24, 2.45) is 0 Å². The van der Waals surface area contributed by atoms with Gasteiger partial charge in [-0.15, -0.1) is 36.1 Å². The Morgan fingerprint density at radius 2 is 1.93 bits per heavy atom. The van der Waals surface area contributed by atoms with Gasteiger partial charge in [0, 0.05) is 11.8 Å². The fourth-order valence-corrected chi connectivity index (χ4v) is 2.84. The molecule has 5 nitrogen and oxygen atoms in total. The van der Waals surface area contributed by atoms with E-state index >= 15 is 0 Å². The first-order chi connectivity index (χ1) is 12.7. The number of carbonyl (C=O) groups excluding carboxylic acids is 1. The molecule has 2 N–H and O–H groups in total. The molecule has 10 heteroatoms. The maximum atomic E-state index is 11.8. The number of nitrogens with zero attached hydrogens (tertiary/aromatic N) is 1. The molecular weight excluding hydrogens is 405 g/mol. The van der Waals surface area contributed by atoms with Crippen LogP contribution in [0.15, 0.2) is 42.5 Å². The van der Waals surface area contributed by atoms with Crippen LogP contribution in [0.5, 0.6) is 11.5 Å². The van der Waals surface area contributed by atoms with Gasteiger partial charge in [-0.1, -0.05) is 0 Å². The molecule has 0 fully saturated rings. The van der Waals surface area contributed by atoms with Crippen molar-refractivity contribution in [3.8, 4) is 11.5 Å². The van der Waals surface area contributed by atoms with Crippen molar-refractivity contribution in [2.45, 2.75) is 13.3 Å². The van der Waals surface area contributed by atoms with Crippen LogP contribution in [0.3, 0.4) is 0 Å². The van der Waals surface area contributed by atoms with Gasteiger partial charge in [-0.3, -0.25) is 4.79 Å². The Balaban J connectivity index is 0.000000206. The van der Waals surface area contributed by atoms with Crippen molar-refractivity contribution >= 4 is 44.7 Å². The van der Waals surface area contributed by atoms with E-state index in [1.165, 1.54) is 12.1 Å². The smallest absolute Gasteiger partial charge is 0.508 e. The van der Waals surface area contributed by atoms with E-state index in [-0.39, 0.29) is 17.4 Å². The zero-order valence-corrected chi connectivity index (χ0v) is 15.5. The maximum absolute atomic E-state index is 11.8. The van der Waals surface area contributed by atoms with Gasteiger partial charge in [0.25, 0.3) is 0 Å². The summed E-state index contributed by atoms with van der Waals surface area (Å²) in [5, 5.41) is 12.5. The average Bonchev–Trinajstić information content (AvgIpc) is 2.95. The van der Waals surface area contributed by atoms with E-state index < -0.39 is 12.3 Å². The Hall–Kier alpha value is -2.52. The third-order valence-electron chi connectivity index (χ3n) is 2.97. The summed E-state index contributed by atoms with van der Waals surface area (Å²) in [6, 6.07) is 10.00. The van der Waals surface area contributed by atoms with Gasteiger partial charge in [-0.05, 0) is 43.3 Å². The van der Waals surface area contributed by atoms with Crippen molar-refractivity contribution in [2.75, 3.05) is 11.2 Å². The maximum Gasteiger partial charge on any atom is 0.573 e. The minimum Gasteiger partial charge on any atom is -0.508 e. The molecule has 0 aliphatic heterocycles. The molecule has 1 heterocycles. The standard InChI is InChI=1S/C9H7ClF3NO2.C8H7NOS/c10-5-8(15)14-6-1-3-7(4-2-6)16-9(11,12)13;1-5-9-7-4-6(10)2-3-8(7)11-5/h1-4H,5H2,(H,14,15);2-4,10H,1H3. The predicted octanol–water partition coefficient (Wildman–Crippen LogP) is 5.07. The Bertz CT molecular complexity index is 914. The van der Waals surface area contributed by atoms with Gasteiger partial charge < -0.3 is 15.2 Å². The number of aromatic nitrogens is 1. The van der Waals surface area contributed by atoms with Gasteiger partial charge >= 0.3 is 6.36 Å². The van der Waals surface area contributed by atoms with Crippen LogP contribution in [0.1, 0.15) is 5.01 Å². The van der Waals surface area contributed by atoms with E-state index in [1.807, 2.05) is 13.0 Å². The van der Waals surface area contributed by atoms with Gasteiger partial charge in [-0.25, -0.2) is 4.98 Å². The average molecular weight is 419 g/mol. The first kappa shape index (κ1) is 20.8. The number of thiazole rings is 1. The van der Waals surface area contributed by atoms with Crippen LogP contribution in [0.2, 0.25) is 0 Å². The third-order valence-corrected chi connectivity index (χ3v) is 4.17. The van der Waals surface area contributed by atoms with E-state index in [0.717, 1.165) is 27.4 Å². The minimum atomic E-state index is -4.72. The molecule has 0 unspecified atom stereocenters. The molecule has 0 saturated heterocycles. The van der Waals surface area contributed by atoms with Gasteiger partial charge in [0.05, 0.1) is 15.2 Å². The molecule has 0 aliphatic rings. The van der Waals surface area contributed by atoms with Gasteiger partial charge in [0.1, 0.15) is 17.4 Å². The number of amides is 1. The SMILES string of the molecule is Cc1nc2cc(O)ccc2s1.O=C(CCl)Nc1ccc(OC(F)(F)F)cc1. The van der Waals surface area contributed by atoms with Crippen LogP contribution in [0.25, 0.3) is 10.2 Å². The molecule has 3 aromatic rings. The molecule has 2 aromatic carbocycles. The summed E-state index contributed by atoms with van der Waals surface area (Å²) < 4.78 is 40.2. The summed E-state index contributed by atoms with van der Waals surface area (Å²) in [7, 11) is 0. The van der Waals surface area contributed by atoms with Gasteiger partial charge in [-0.2, -0.15) is 0 Å². The normalized spacial score (nSPS) is 10.9. The largest absolute Gasteiger partial charge is 0.573 e. The molecule has 0 saturated carbocycles. The highest BCUT2D eigenvalue weighted by molar-refractivity contribution is 7.18. The van der Waals surface area contributed by atoms with Crippen molar-refractivity contribution in [3.05, 3.63) is 47.5 Å². The number of fused-ring (bicyclic) bond motifs is 1. The number of benzene rings is 2. The monoisotopic (exact) mass is 418 g/mol. The van der Waals surface area contributed by atoms with Crippen LogP contribution >= 0.6 is 22.9 Å². The van der Waals surface area contributed by atoms with Crippen molar-refractivity contribution < 1.29 is 27.8 Å². The Morgan fingerprint density at radius 3 is 2.52 bits per heavy atom. The second kappa shape index (κ2) is 8.92. The molecule has 3 rings (SSSR count). The molecule has 0 radical (unpaired) electrons. The lowest BCUT2D eigenvalue weighted by molar-refractivity contribution is -0.274. The van der Waals surface area contributed by atoms with Crippen LogP contribution < -0.4 is 10.1 Å². The second-order valence-corrected chi connectivity index (χ2v) is 6.64. The van der Waals surface area contributed by atoms with Crippen LogP contribution in [0.4, 0.5) is 18.9 Å². The lowest BCUT2D eigenvalue weighted by Crippen LogP contribution is -2.17. The summed E-state index contributed by atoms with van der Waals surface area (Å²) >= 11 is 6.87. The van der Waals surface area contributed by atoms with E-state index in [1.54, 1.807) is 23.5 Å². The van der Waals surface area contributed by atoms with Crippen molar-refractivity contribution in [1.29, 1.82) is 0 Å². The number of aryl methyl sites for hydroxylation is 1. The fourth-order valence-electron chi connectivity index (χ4n) is 1.97. The highest BCUT2D eigenvalue weighted by atomic mass is 35.5. The van der Waals surface area contributed by atoms with Crippen LogP contribution in [-0.4, -0.2) is 28.2 Å². The van der Waals surface area contributed by atoms with E-state index in [2.05, 4.69) is 15.0 Å². The topological polar surface area (TPSA) is 71.5 Å². The number of nitrogens with one attached hydrogen (secondary N) is 1. The number of phenols is 1. The molecule has 0 spiro atoms. The summed E-state index contributed by atoms with van der Waals surface area (Å²) in [5.74, 6) is -0.730. The summed E-state index contributed by atoms with van der Waals surface area (Å²) in [6.07, 6.45) is -4.72. The lowest BCUT2D eigenvalue weighted by Gasteiger charge is -2.09.